The van der Waals surface area contributed by atoms with Gasteiger partial charge in [0.2, 0.25) is 0 Å². The molecule has 0 unspecified atom stereocenters. The van der Waals surface area contributed by atoms with Gasteiger partial charge in [0.1, 0.15) is 28.7 Å². The largest absolute Gasteiger partial charge is 0.536 e. The van der Waals surface area contributed by atoms with E-state index < -0.39 is 0 Å². The molecule has 2 radical (unpaired) electrons. The Morgan fingerprint density at radius 3 is 1.41 bits per heavy atom. The van der Waals surface area contributed by atoms with Crippen LogP contribution < -0.4 is 19.1 Å². The molecular formula is C28H26O3Si. The summed E-state index contributed by atoms with van der Waals surface area (Å²) in [5.41, 5.74) is 4.49. The van der Waals surface area contributed by atoms with Crippen molar-refractivity contribution in [2.45, 2.75) is 27.7 Å². The number of hydrogen-bond donors (Lipinski definition) is 0. The van der Waals surface area contributed by atoms with Crippen LogP contribution in [0.15, 0.2) is 84.9 Å². The van der Waals surface area contributed by atoms with Gasteiger partial charge >= 0.3 is 9.76 Å². The summed E-state index contributed by atoms with van der Waals surface area (Å²) in [4.78, 5) is 0. The Hall–Kier alpha value is -3.50. The van der Waals surface area contributed by atoms with Gasteiger partial charge in [-0.15, -0.1) is 0 Å². The predicted octanol–water partition coefficient (Wildman–Crippen LogP) is 6.83. The second-order valence-corrected chi connectivity index (χ2v) is 9.05. The molecule has 0 aliphatic rings. The molecular weight excluding hydrogens is 412 g/mol. The summed E-state index contributed by atoms with van der Waals surface area (Å²) in [6.07, 6.45) is 0. The van der Waals surface area contributed by atoms with E-state index in [2.05, 4.69) is 32.0 Å². The Morgan fingerprint density at radius 1 is 0.469 bits per heavy atom. The van der Waals surface area contributed by atoms with Crippen LogP contribution in [0.3, 0.4) is 0 Å². The van der Waals surface area contributed by atoms with Crippen LogP contribution in [0.2, 0.25) is 0 Å². The third-order valence-electron chi connectivity index (χ3n) is 4.78. The highest BCUT2D eigenvalue weighted by molar-refractivity contribution is 6.47. The minimum atomic E-state index is 0.245. The van der Waals surface area contributed by atoms with E-state index in [1.54, 1.807) is 0 Å². The van der Waals surface area contributed by atoms with Gasteiger partial charge in [-0.3, -0.25) is 0 Å². The summed E-state index contributed by atoms with van der Waals surface area (Å²) in [6, 6.07) is 28.3. The van der Waals surface area contributed by atoms with E-state index in [-0.39, 0.29) is 9.76 Å². The fourth-order valence-electron chi connectivity index (χ4n) is 3.55. The van der Waals surface area contributed by atoms with Crippen molar-refractivity contribution in [2.75, 3.05) is 0 Å². The highest BCUT2D eigenvalue weighted by Crippen LogP contribution is 2.32. The van der Waals surface area contributed by atoms with Crippen LogP contribution in [0.5, 0.6) is 28.7 Å². The Balaban J connectivity index is 1.51. The summed E-state index contributed by atoms with van der Waals surface area (Å²) in [5, 5.41) is 1.16. The molecule has 0 amide bonds. The van der Waals surface area contributed by atoms with Gasteiger partial charge in [-0.2, -0.15) is 0 Å². The fraction of sp³-hybridized carbons (Fsp3) is 0.143. The van der Waals surface area contributed by atoms with Crippen molar-refractivity contribution in [1.82, 2.24) is 0 Å². The quantitative estimate of drug-likeness (QED) is 0.296. The Kier molecular flexibility index (Phi) is 6.62. The van der Waals surface area contributed by atoms with Gasteiger partial charge in [0.15, 0.2) is 0 Å². The first-order chi connectivity index (χ1) is 15.4. The predicted molar refractivity (Wildman–Crippen MR) is 131 cm³/mol. The zero-order chi connectivity index (χ0) is 22.5. The Morgan fingerprint density at radius 2 is 0.875 bits per heavy atom. The minimum Gasteiger partial charge on any atom is -0.536 e. The van der Waals surface area contributed by atoms with E-state index in [1.807, 2.05) is 80.6 Å². The van der Waals surface area contributed by atoms with Crippen LogP contribution in [0.25, 0.3) is 0 Å². The van der Waals surface area contributed by atoms with Crippen molar-refractivity contribution < 1.29 is 13.9 Å². The molecule has 4 aromatic rings. The van der Waals surface area contributed by atoms with Crippen molar-refractivity contribution >= 4 is 14.9 Å². The van der Waals surface area contributed by atoms with E-state index in [0.717, 1.165) is 45.1 Å². The molecule has 0 aromatic heterocycles. The van der Waals surface area contributed by atoms with Gasteiger partial charge in [0.25, 0.3) is 0 Å². The number of hydrogen-bond acceptors (Lipinski definition) is 3. The van der Waals surface area contributed by atoms with Crippen LogP contribution in [-0.2, 0) is 0 Å². The number of aryl methyl sites for hydroxylation is 4. The highest BCUT2D eigenvalue weighted by atomic mass is 28.2. The van der Waals surface area contributed by atoms with Crippen molar-refractivity contribution in [3.63, 3.8) is 0 Å². The molecule has 3 nitrogen and oxygen atoms in total. The molecule has 0 saturated carbocycles. The SMILES string of the molecule is Cc1cc(C)cc(Oc2cc(C)cc(Oc3cc(C)cc(O[Si]c4ccccc4)c3)c2)c1. The third kappa shape index (κ3) is 6.02. The van der Waals surface area contributed by atoms with Crippen LogP contribution in [-0.4, -0.2) is 9.76 Å². The fourth-order valence-corrected chi connectivity index (χ4v) is 4.23. The van der Waals surface area contributed by atoms with Gasteiger partial charge in [0, 0.05) is 12.1 Å². The van der Waals surface area contributed by atoms with E-state index in [1.165, 1.54) is 11.1 Å². The summed E-state index contributed by atoms with van der Waals surface area (Å²) in [5.74, 6) is 3.83. The number of rotatable bonds is 7. The molecule has 0 heterocycles. The highest BCUT2D eigenvalue weighted by Gasteiger charge is 2.08. The molecule has 32 heavy (non-hydrogen) atoms. The number of ether oxygens (including phenoxy) is 2. The third-order valence-corrected chi connectivity index (χ3v) is 5.68. The second kappa shape index (κ2) is 9.75. The maximum absolute atomic E-state index is 6.20. The zero-order valence-corrected chi connectivity index (χ0v) is 19.8. The molecule has 0 fully saturated rings. The molecule has 0 spiro atoms. The molecule has 0 saturated heterocycles. The molecule has 0 aliphatic heterocycles. The maximum atomic E-state index is 6.20. The molecule has 0 aliphatic carbocycles. The summed E-state index contributed by atoms with van der Waals surface area (Å²) < 4.78 is 18.4. The first-order valence-corrected chi connectivity index (χ1v) is 11.5. The molecule has 4 aromatic carbocycles. The monoisotopic (exact) mass is 438 g/mol. The first kappa shape index (κ1) is 21.7. The van der Waals surface area contributed by atoms with Crippen LogP contribution >= 0.6 is 0 Å². The normalized spacial score (nSPS) is 10.6. The van der Waals surface area contributed by atoms with E-state index in [9.17, 15) is 0 Å². The van der Waals surface area contributed by atoms with Crippen molar-refractivity contribution in [3.8, 4) is 28.7 Å². The van der Waals surface area contributed by atoms with Gasteiger partial charge in [-0.05, 0) is 91.5 Å². The van der Waals surface area contributed by atoms with Crippen molar-refractivity contribution in [3.05, 3.63) is 107 Å². The lowest BCUT2D eigenvalue weighted by atomic mass is 10.1. The Labute approximate surface area is 192 Å². The summed E-state index contributed by atoms with van der Waals surface area (Å²) in [6.45, 7) is 8.21. The molecule has 0 bridgehead atoms. The standard InChI is InChI=1S/C28H26O3Si/c1-19-10-20(2)12-23(11-19)29-24-13-21(3)14-25(17-24)30-26-15-22(4)16-27(18-26)31-32-28-8-6-5-7-9-28/h5-18H,1-4H3. The van der Waals surface area contributed by atoms with E-state index in [0.29, 0.717) is 0 Å². The lowest BCUT2D eigenvalue weighted by molar-refractivity contribution is 0.457. The average molecular weight is 439 g/mol. The van der Waals surface area contributed by atoms with Gasteiger partial charge in [-0.25, -0.2) is 0 Å². The molecule has 160 valence electrons. The Bertz CT molecular complexity index is 1200. The van der Waals surface area contributed by atoms with Gasteiger partial charge in [0.05, 0.1) is 0 Å². The minimum absolute atomic E-state index is 0.245. The van der Waals surface area contributed by atoms with Crippen LogP contribution in [0, 0.1) is 27.7 Å². The first-order valence-electron chi connectivity index (χ1n) is 10.6. The van der Waals surface area contributed by atoms with E-state index in [4.69, 9.17) is 13.9 Å². The molecule has 0 N–H and O–H groups in total. The summed E-state index contributed by atoms with van der Waals surface area (Å²) >= 11 is 0. The van der Waals surface area contributed by atoms with Gasteiger partial charge in [-0.1, -0.05) is 36.4 Å². The molecule has 4 heteroatoms. The average Bonchev–Trinajstić information content (AvgIpc) is 2.71. The molecule has 0 atom stereocenters. The lowest BCUT2D eigenvalue weighted by Crippen LogP contribution is -2.19. The molecule has 4 rings (SSSR count). The van der Waals surface area contributed by atoms with Crippen LogP contribution in [0.4, 0.5) is 0 Å². The maximum Gasteiger partial charge on any atom is 0.351 e. The zero-order valence-electron chi connectivity index (χ0n) is 18.8. The summed E-state index contributed by atoms with van der Waals surface area (Å²) in [7, 11) is 0.245. The number of benzene rings is 4. The van der Waals surface area contributed by atoms with Crippen LogP contribution in [0.1, 0.15) is 22.3 Å². The van der Waals surface area contributed by atoms with E-state index >= 15 is 0 Å². The van der Waals surface area contributed by atoms with Gasteiger partial charge < -0.3 is 13.9 Å². The smallest absolute Gasteiger partial charge is 0.351 e. The second-order valence-electron chi connectivity index (χ2n) is 8.06. The van der Waals surface area contributed by atoms with Crippen molar-refractivity contribution in [2.24, 2.45) is 0 Å². The topological polar surface area (TPSA) is 27.7 Å². The lowest BCUT2D eigenvalue weighted by Gasteiger charge is -2.13. The van der Waals surface area contributed by atoms with Crippen molar-refractivity contribution in [1.29, 1.82) is 0 Å².